The Bertz CT molecular complexity index is 732. The van der Waals surface area contributed by atoms with Gasteiger partial charge in [0.05, 0.1) is 6.42 Å². The minimum Gasteiger partial charge on any atom is -0.344 e. The third kappa shape index (κ3) is 5.38. The van der Waals surface area contributed by atoms with Crippen LogP contribution in [-0.4, -0.2) is 27.8 Å². The molecule has 2 amide bonds. The van der Waals surface area contributed by atoms with Crippen LogP contribution in [0.15, 0.2) is 29.1 Å². The minimum atomic E-state index is -0.649. The number of hydrogen-bond acceptors (Lipinski definition) is 5. The first-order valence-electron chi connectivity index (χ1n) is 7.50. The smallest absolute Gasteiger partial charge is 0.248 e. The average molecular weight is 411 g/mol. The standard InChI is InChI=1S/C16H19BrN4O2S/c1-9(2)13-8-19-16(24-13)21-15(23)10(3)20-14(22)5-11-4-12(17)7-18-6-11/h4,6-10H,5H2,1-3H3,(H,20,22)(H,19,21,23)/t10-/m0/s1. The molecule has 0 aromatic carbocycles. The summed E-state index contributed by atoms with van der Waals surface area (Å²) in [6.07, 6.45) is 5.20. The van der Waals surface area contributed by atoms with E-state index in [2.05, 4.69) is 50.4 Å². The van der Waals surface area contributed by atoms with Crippen LogP contribution in [0.25, 0.3) is 0 Å². The van der Waals surface area contributed by atoms with Gasteiger partial charge in [-0.15, -0.1) is 11.3 Å². The largest absolute Gasteiger partial charge is 0.344 e. The molecule has 0 aliphatic heterocycles. The predicted molar refractivity (Wildman–Crippen MR) is 98.1 cm³/mol. The van der Waals surface area contributed by atoms with E-state index in [0.29, 0.717) is 11.0 Å². The van der Waals surface area contributed by atoms with Gasteiger partial charge in [0.1, 0.15) is 6.04 Å². The van der Waals surface area contributed by atoms with Gasteiger partial charge >= 0.3 is 0 Å². The fraction of sp³-hybridized carbons (Fsp3) is 0.375. The molecule has 0 aliphatic carbocycles. The molecule has 0 radical (unpaired) electrons. The number of hydrogen-bond donors (Lipinski definition) is 2. The third-order valence-electron chi connectivity index (χ3n) is 3.22. The van der Waals surface area contributed by atoms with E-state index in [4.69, 9.17) is 0 Å². The van der Waals surface area contributed by atoms with Crippen molar-refractivity contribution in [1.29, 1.82) is 0 Å². The van der Waals surface area contributed by atoms with Crippen LogP contribution in [-0.2, 0) is 16.0 Å². The topological polar surface area (TPSA) is 84.0 Å². The Morgan fingerprint density at radius 3 is 2.62 bits per heavy atom. The number of thiazole rings is 1. The van der Waals surface area contributed by atoms with E-state index >= 15 is 0 Å². The van der Waals surface area contributed by atoms with E-state index in [1.165, 1.54) is 11.3 Å². The van der Waals surface area contributed by atoms with Crippen molar-refractivity contribution in [1.82, 2.24) is 15.3 Å². The molecule has 128 valence electrons. The van der Waals surface area contributed by atoms with Crippen LogP contribution >= 0.6 is 27.3 Å². The molecule has 0 spiro atoms. The molecule has 2 aromatic rings. The lowest BCUT2D eigenvalue weighted by molar-refractivity contribution is -0.125. The highest BCUT2D eigenvalue weighted by Gasteiger charge is 2.17. The Hall–Kier alpha value is -1.80. The number of aromatic nitrogens is 2. The van der Waals surface area contributed by atoms with Crippen molar-refractivity contribution < 1.29 is 9.59 Å². The molecule has 0 fully saturated rings. The van der Waals surface area contributed by atoms with Gasteiger partial charge in [-0.2, -0.15) is 0 Å². The maximum Gasteiger partial charge on any atom is 0.248 e. The summed E-state index contributed by atoms with van der Waals surface area (Å²) >= 11 is 4.75. The fourth-order valence-corrected chi connectivity index (χ4v) is 3.15. The highest BCUT2D eigenvalue weighted by Crippen LogP contribution is 2.25. The van der Waals surface area contributed by atoms with E-state index < -0.39 is 6.04 Å². The van der Waals surface area contributed by atoms with Gasteiger partial charge < -0.3 is 10.6 Å². The number of amides is 2. The second-order valence-electron chi connectivity index (χ2n) is 5.69. The van der Waals surface area contributed by atoms with E-state index in [-0.39, 0.29) is 18.2 Å². The van der Waals surface area contributed by atoms with Crippen LogP contribution in [0.2, 0.25) is 0 Å². The summed E-state index contributed by atoms with van der Waals surface area (Å²) in [6, 6.07) is 1.17. The molecule has 0 saturated carbocycles. The van der Waals surface area contributed by atoms with E-state index in [1.807, 2.05) is 6.07 Å². The lowest BCUT2D eigenvalue weighted by atomic mass is 10.2. The van der Waals surface area contributed by atoms with E-state index in [0.717, 1.165) is 14.9 Å². The van der Waals surface area contributed by atoms with E-state index in [1.54, 1.807) is 25.5 Å². The number of rotatable bonds is 6. The van der Waals surface area contributed by atoms with E-state index in [9.17, 15) is 9.59 Å². The van der Waals surface area contributed by atoms with Crippen LogP contribution in [0.4, 0.5) is 5.13 Å². The van der Waals surface area contributed by atoms with Gasteiger partial charge in [-0.3, -0.25) is 14.6 Å². The number of halogens is 1. The molecular formula is C16H19BrN4O2S. The zero-order valence-corrected chi connectivity index (χ0v) is 16.1. The summed E-state index contributed by atoms with van der Waals surface area (Å²) in [5.41, 5.74) is 0.774. The normalized spacial score (nSPS) is 12.0. The van der Waals surface area contributed by atoms with Crippen molar-refractivity contribution in [3.8, 4) is 0 Å². The predicted octanol–water partition coefficient (Wildman–Crippen LogP) is 3.11. The summed E-state index contributed by atoms with van der Waals surface area (Å²) in [7, 11) is 0. The molecule has 24 heavy (non-hydrogen) atoms. The zero-order chi connectivity index (χ0) is 17.7. The Balaban J connectivity index is 1.87. The molecule has 1 atom stereocenters. The van der Waals surface area contributed by atoms with Crippen LogP contribution < -0.4 is 10.6 Å². The van der Waals surface area contributed by atoms with Crippen molar-refractivity contribution in [3.63, 3.8) is 0 Å². The SMILES string of the molecule is CC(C)c1cnc(NC(=O)[C@H](C)NC(=O)Cc2cncc(Br)c2)s1. The van der Waals surface area contributed by atoms with Gasteiger partial charge in [0, 0.05) is 27.9 Å². The Labute approximate surface area is 153 Å². The van der Waals surface area contributed by atoms with Crippen LogP contribution in [0.1, 0.15) is 37.1 Å². The Morgan fingerprint density at radius 2 is 2.00 bits per heavy atom. The van der Waals surface area contributed by atoms with Crippen LogP contribution in [0.5, 0.6) is 0 Å². The van der Waals surface area contributed by atoms with Crippen molar-refractivity contribution in [2.45, 2.75) is 39.2 Å². The molecule has 0 unspecified atom stereocenters. The van der Waals surface area contributed by atoms with Crippen molar-refractivity contribution in [2.24, 2.45) is 0 Å². The molecule has 2 aromatic heterocycles. The number of pyridine rings is 1. The number of carbonyl (C=O) groups is 2. The van der Waals surface area contributed by atoms with Gasteiger partial charge in [-0.25, -0.2) is 4.98 Å². The van der Waals surface area contributed by atoms with Crippen molar-refractivity contribution in [3.05, 3.63) is 39.6 Å². The Kier molecular flexibility index (Phi) is 6.44. The first kappa shape index (κ1) is 18.5. The fourth-order valence-electron chi connectivity index (χ4n) is 1.92. The van der Waals surface area contributed by atoms with Gasteiger partial charge in [-0.1, -0.05) is 13.8 Å². The molecule has 2 heterocycles. The van der Waals surface area contributed by atoms with Crippen molar-refractivity contribution >= 4 is 44.2 Å². The number of nitrogens with one attached hydrogen (secondary N) is 2. The molecule has 0 saturated heterocycles. The summed E-state index contributed by atoms with van der Waals surface area (Å²) in [5.74, 6) is -0.163. The summed E-state index contributed by atoms with van der Waals surface area (Å²) in [6.45, 7) is 5.78. The molecule has 0 aliphatic rings. The molecule has 8 heteroatoms. The van der Waals surface area contributed by atoms with Gasteiger partial charge in [0.15, 0.2) is 5.13 Å². The summed E-state index contributed by atoms with van der Waals surface area (Å²) in [4.78, 5) is 33.5. The number of anilines is 1. The molecule has 2 rings (SSSR count). The zero-order valence-electron chi connectivity index (χ0n) is 13.7. The van der Waals surface area contributed by atoms with Gasteiger partial charge in [0.25, 0.3) is 0 Å². The third-order valence-corrected chi connectivity index (χ3v) is 4.87. The second-order valence-corrected chi connectivity index (χ2v) is 7.67. The number of nitrogens with zero attached hydrogens (tertiary/aromatic N) is 2. The monoisotopic (exact) mass is 410 g/mol. The molecular weight excluding hydrogens is 392 g/mol. The van der Waals surface area contributed by atoms with Crippen molar-refractivity contribution in [2.75, 3.05) is 5.32 Å². The first-order chi connectivity index (χ1) is 11.3. The average Bonchev–Trinajstić information content (AvgIpc) is 2.95. The Morgan fingerprint density at radius 1 is 1.25 bits per heavy atom. The highest BCUT2D eigenvalue weighted by molar-refractivity contribution is 9.10. The number of carbonyl (C=O) groups excluding carboxylic acids is 2. The lowest BCUT2D eigenvalue weighted by Crippen LogP contribution is -2.42. The first-order valence-corrected chi connectivity index (χ1v) is 9.11. The molecule has 2 N–H and O–H groups in total. The van der Waals surface area contributed by atoms with Gasteiger partial charge in [-0.05, 0) is 40.4 Å². The highest BCUT2D eigenvalue weighted by atomic mass is 79.9. The molecule has 0 bridgehead atoms. The summed E-state index contributed by atoms with van der Waals surface area (Å²) < 4.78 is 0.809. The quantitative estimate of drug-likeness (QED) is 0.765. The second kappa shape index (κ2) is 8.34. The van der Waals surface area contributed by atoms with Crippen LogP contribution in [0, 0.1) is 0 Å². The minimum absolute atomic E-state index is 0.165. The van der Waals surface area contributed by atoms with Crippen LogP contribution in [0.3, 0.4) is 0 Å². The summed E-state index contributed by atoms with van der Waals surface area (Å²) in [5, 5.41) is 5.95. The van der Waals surface area contributed by atoms with Gasteiger partial charge in [0.2, 0.25) is 11.8 Å². The lowest BCUT2D eigenvalue weighted by Gasteiger charge is -2.13. The maximum absolute atomic E-state index is 12.2. The maximum atomic E-state index is 12.2. The molecule has 6 nitrogen and oxygen atoms in total.